The SMILES string of the molecule is COC(=O)C[C@@]1(C[C@H]2O[C@@H]2c2ccccc2)Oc2ccccc2C1=O. The zero-order valence-electron chi connectivity index (χ0n) is 13.8. The molecule has 4 rings (SSSR count). The number of carbonyl (C=O) groups is 2. The van der Waals surface area contributed by atoms with Gasteiger partial charge in [0.05, 0.1) is 25.2 Å². The molecule has 2 aromatic rings. The third-order valence-electron chi connectivity index (χ3n) is 4.75. The van der Waals surface area contributed by atoms with Gasteiger partial charge in [-0.25, -0.2) is 0 Å². The lowest BCUT2D eigenvalue weighted by Gasteiger charge is -2.25. The van der Waals surface area contributed by atoms with Gasteiger partial charge < -0.3 is 14.2 Å². The standard InChI is InChI=1S/C20H18O5/c1-23-17(21)12-20(19(22)14-9-5-6-10-15(14)25-20)11-16-18(24-16)13-7-3-2-4-8-13/h2-10,16,18H,11-12H2,1H3/t16-,18-,20-/m1/s1. The first-order valence-corrected chi connectivity index (χ1v) is 8.23. The zero-order chi connectivity index (χ0) is 17.4. The molecule has 2 aromatic carbocycles. The molecule has 0 unspecified atom stereocenters. The highest BCUT2D eigenvalue weighted by Crippen LogP contribution is 2.48. The molecule has 0 N–H and O–H groups in total. The number of epoxide rings is 1. The molecule has 0 radical (unpaired) electrons. The minimum Gasteiger partial charge on any atom is -0.478 e. The number of benzene rings is 2. The molecule has 25 heavy (non-hydrogen) atoms. The fraction of sp³-hybridized carbons (Fsp3) is 0.300. The van der Waals surface area contributed by atoms with Crippen LogP contribution in [-0.2, 0) is 14.3 Å². The molecule has 0 aliphatic carbocycles. The Labute approximate surface area is 145 Å². The van der Waals surface area contributed by atoms with Crippen LogP contribution in [-0.4, -0.2) is 30.6 Å². The van der Waals surface area contributed by atoms with Crippen molar-refractivity contribution in [2.45, 2.75) is 30.7 Å². The lowest BCUT2D eigenvalue weighted by atomic mass is 9.86. The molecule has 5 nitrogen and oxygen atoms in total. The van der Waals surface area contributed by atoms with Gasteiger partial charge in [0, 0.05) is 6.42 Å². The van der Waals surface area contributed by atoms with Crippen LogP contribution in [0.15, 0.2) is 54.6 Å². The number of para-hydroxylation sites is 1. The number of carbonyl (C=O) groups excluding carboxylic acids is 2. The number of fused-ring (bicyclic) bond motifs is 1. The monoisotopic (exact) mass is 338 g/mol. The van der Waals surface area contributed by atoms with Crippen molar-refractivity contribution in [3.63, 3.8) is 0 Å². The fourth-order valence-electron chi connectivity index (χ4n) is 3.43. The number of esters is 1. The summed E-state index contributed by atoms with van der Waals surface area (Å²) in [5.74, 6) is -0.151. The van der Waals surface area contributed by atoms with Crippen LogP contribution in [0.2, 0.25) is 0 Å². The van der Waals surface area contributed by atoms with Crippen molar-refractivity contribution in [2.24, 2.45) is 0 Å². The molecule has 128 valence electrons. The topological polar surface area (TPSA) is 65.1 Å². The first-order chi connectivity index (χ1) is 12.1. The third kappa shape index (κ3) is 2.81. The first-order valence-electron chi connectivity index (χ1n) is 8.23. The second-order valence-electron chi connectivity index (χ2n) is 6.38. The lowest BCUT2D eigenvalue weighted by molar-refractivity contribution is -0.144. The van der Waals surface area contributed by atoms with Crippen molar-refractivity contribution in [1.29, 1.82) is 0 Å². The minimum atomic E-state index is -1.26. The first kappa shape index (κ1) is 15.8. The molecule has 0 spiro atoms. The molecule has 2 aliphatic rings. The van der Waals surface area contributed by atoms with E-state index in [1.165, 1.54) is 7.11 Å². The lowest BCUT2D eigenvalue weighted by Crippen LogP contribution is -2.44. The van der Waals surface area contributed by atoms with Crippen molar-refractivity contribution in [2.75, 3.05) is 7.11 Å². The molecule has 0 saturated carbocycles. The van der Waals surface area contributed by atoms with Crippen molar-refractivity contribution in [3.05, 3.63) is 65.7 Å². The summed E-state index contributed by atoms with van der Waals surface area (Å²) in [4.78, 5) is 24.9. The molecule has 1 fully saturated rings. The van der Waals surface area contributed by atoms with E-state index in [2.05, 4.69) is 0 Å². The minimum absolute atomic E-state index is 0.0733. The highest BCUT2D eigenvalue weighted by atomic mass is 16.6. The Balaban J connectivity index is 1.59. The maximum absolute atomic E-state index is 13.0. The molecule has 5 heteroatoms. The van der Waals surface area contributed by atoms with Crippen LogP contribution in [0, 0.1) is 0 Å². The quantitative estimate of drug-likeness (QED) is 0.619. The summed E-state index contributed by atoms with van der Waals surface area (Å²) in [6.45, 7) is 0. The van der Waals surface area contributed by atoms with E-state index < -0.39 is 11.6 Å². The second-order valence-corrected chi connectivity index (χ2v) is 6.38. The molecular weight excluding hydrogens is 320 g/mol. The Hall–Kier alpha value is -2.66. The van der Waals surface area contributed by atoms with Crippen molar-refractivity contribution in [3.8, 4) is 5.75 Å². The number of hydrogen-bond acceptors (Lipinski definition) is 5. The van der Waals surface area contributed by atoms with Crippen molar-refractivity contribution < 1.29 is 23.8 Å². The molecule has 0 bridgehead atoms. The summed E-state index contributed by atoms with van der Waals surface area (Å²) in [6, 6.07) is 16.9. The number of methoxy groups -OCH3 is 1. The summed E-state index contributed by atoms with van der Waals surface area (Å²) in [5, 5.41) is 0. The van der Waals surface area contributed by atoms with Crippen LogP contribution in [0.3, 0.4) is 0 Å². The predicted molar refractivity (Wildman–Crippen MR) is 89.4 cm³/mol. The molecule has 3 atom stereocenters. The summed E-state index contributed by atoms with van der Waals surface area (Å²) < 4.78 is 16.5. The van der Waals surface area contributed by atoms with E-state index in [0.717, 1.165) is 5.56 Å². The normalized spacial score (nSPS) is 26.7. The van der Waals surface area contributed by atoms with Gasteiger partial charge in [0.15, 0.2) is 5.60 Å². The highest BCUT2D eigenvalue weighted by Gasteiger charge is 2.55. The fourth-order valence-corrected chi connectivity index (χ4v) is 3.43. The highest BCUT2D eigenvalue weighted by molar-refractivity contribution is 6.09. The Kier molecular flexibility index (Phi) is 3.81. The maximum atomic E-state index is 13.0. The van der Waals surface area contributed by atoms with Crippen LogP contribution in [0.4, 0.5) is 0 Å². The maximum Gasteiger partial charge on any atom is 0.310 e. The van der Waals surface area contributed by atoms with E-state index >= 15 is 0 Å². The molecule has 0 amide bonds. The van der Waals surface area contributed by atoms with E-state index in [-0.39, 0.29) is 24.4 Å². The van der Waals surface area contributed by atoms with Crippen molar-refractivity contribution in [1.82, 2.24) is 0 Å². The Morgan fingerprint density at radius 3 is 2.56 bits per heavy atom. The van der Waals surface area contributed by atoms with Gasteiger partial charge in [0.1, 0.15) is 11.9 Å². The van der Waals surface area contributed by atoms with Crippen LogP contribution in [0.5, 0.6) is 5.75 Å². The van der Waals surface area contributed by atoms with Gasteiger partial charge in [-0.1, -0.05) is 42.5 Å². The second kappa shape index (κ2) is 6.01. The van der Waals surface area contributed by atoms with Gasteiger partial charge in [0.25, 0.3) is 0 Å². The molecule has 0 aromatic heterocycles. The average molecular weight is 338 g/mol. The molecule has 1 saturated heterocycles. The Bertz CT molecular complexity index is 816. The molecular formula is C20H18O5. The summed E-state index contributed by atoms with van der Waals surface area (Å²) in [7, 11) is 1.31. The van der Waals surface area contributed by atoms with Crippen LogP contribution in [0.1, 0.15) is 34.9 Å². The smallest absolute Gasteiger partial charge is 0.310 e. The van der Waals surface area contributed by atoms with E-state index in [0.29, 0.717) is 17.7 Å². The average Bonchev–Trinajstić information content (AvgIpc) is 3.35. The third-order valence-corrected chi connectivity index (χ3v) is 4.75. The summed E-state index contributed by atoms with van der Waals surface area (Å²) >= 11 is 0. The van der Waals surface area contributed by atoms with Gasteiger partial charge >= 0.3 is 5.97 Å². The van der Waals surface area contributed by atoms with Gasteiger partial charge in [-0.3, -0.25) is 9.59 Å². The van der Waals surface area contributed by atoms with E-state index in [1.54, 1.807) is 24.3 Å². The Morgan fingerprint density at radius 1 is 1.12 bits per heavy atom. The predicted octanol–water partition coefficient (Wildman–Crippen LogP) is 3.09. The van der Waals surface area contributed by atoms with E-state index in [1.807, 2.05) is 30.3 Å². The molecule has 2 heterocycles. The van der Waals surface area contributed by atoms with Crippen LogP contribution >= 0.6 is 0 Å². The van der Waals surface area contributed by atoms with Crippen molar-refractivity contribution >= 4 is 11.8 Å². The van der Waals surface area contributed by atoms with E-state index in [4.69, 9.17) is 14.2 Å². The zero-order valence-corrected chi connectivity index (χ0v) is 13.8. The van der Waals surface area contributed by atoms with Gasteiger partial charge in [0.2, 0.25) is 5.78 Å². The van der Waals surface area contributed by atoms with Gasteiger partial charge in [-0.2, -0.15) is 0 Å². The number of ketones is 1. The van der Waals surface area contributed by atoms with Gasteiger partial charge in [-0.15, -0.1) is 0 Å². The van der Waals surface area contributed by atoms with Crippen LogP contribution < -0.4 is 4.74 Å². The van der Waals surface area contributed by atoms with Crippen LogP contribution in [0.25, 0.3) is 0 Å². The van der Waals surface area contributed by atoms with Gasteiger partial charge in [-0.05, 0) is 17.7 Å². The number of rotatable bonds is 5. The Morgan fingerprint density at radius 2 is 1.84 bits per heavy atom. The summed E-state index contributed by atoms with van der Waals surface area (Å²) in [6.07, 6.45) is -0.0470. The number of ether oxygens (including phenoxy) is 3. The largest absolute Gasteiger partial charge is 0.478 e. The number of Topliss-reactive ketones (excluding diaryl/α,β-unsaturated/α-hetero) is 1. The molecule has 2 aliphatic heterocycles. The summed E-state index contributed by atoms with van der Waals surface area (Å²) in [5.41, 5.74) is 0.303. The number of hydrogen-bond donors (Lipinski definition) is 0. The van der Waals surface area contributed by atoms with E-state index in [9.17, 15) is 9.59 Å².